The molecule has 0 aromatic carbocycles. The van der Waals surface area contributed by atoms with Crippen LogP contribution in [0.3, 0.4) is 0 Å². The third-order valence-electron chi connectivity index (χ3n) is 1.23. The molecule has 0 aliphatic rings. The highest BCUT2D eigenvalue weighted by Gasteiger charge is 2.07. The lowest BCUT2D eigenvalue weighted by Crippen LogP contribution is -2.16. The van der Waals surface area contributed by atoms with Gasteiger partial charge >= 0.3 is 5.97 Å². The van der Waals surface area contributed by atoms with Crippen LogP contribution in [0.4, 0.5) is 0 Å². The van der Waals surface area contributed by atoms with Crippen molar-refractivity contribution >= 4 is 5.97 Å². The fourth-order valence-electron chi connectivity index (χ4n) is 0.740. The van der Waals surface area contributed by atoms with Crippen molar-refractivity contribution in [3.63, 3.8) is 0 Å². The first kappa shape index (κ1) is 8.45. The predicted molar refractivity (Wildman–Crippen MR) is 40.9 cm³/mol. The second kappa shape index (κ2) is 3.17. The van der Waals surface area contributed by atoms with Crippen LogP contribution in [0.25, 0.3) is 0 Å². The molecular formula is C7H8N2O3. The van der Waals surface area contributed by atoms with Crippen molar-refractivity contribution in [1.29, 1.82) is 0 Å². The highest BCUT2D eigenvalue weighted by atomic mass is 16.5. The first-order valence-electron chi connectivity index (χ1n) is 3.34. The number of hydrogen-bond acceptors (Lipinski definition) is 4. The normalized spacial score (nSPS) is 9.50. The zero-order chi connectivity index (χ0) is 9.14. The molecule has 1 heterocycles. The molecule has 0 aliphatic carbocycles. The van der Waals surface area contributed by atoms with E-state index >= 15 is 0 Å². The SMILES string of the molecule is CC(=O)Oc1c(C)nc[nH]c1=O. The minimum Gasteiger partial charge on any atom is -0.419 e. The molecule has 0 unspecified atom stereocenters. The number of carbonyl (C=O) groups is 1. The lowest BCUT2D eigenvalue weighted by atomic mass is 10.4. The van der Waals surface area contributed by atoms with Gasteiger partial charge in [-0.15, -0.1) is 0 Å². The third kappa shape index (κ3) is 1.69. The lowest BCUT2D eigenvalue weighted by molar-refractivity contribution is -0.132. The summed E-state index contributed by atoms with van der Waals surface area (Å²) in [7, 11) is 0. The summed E-state index contributed by atoms with van der Waals surface area (Å²) >= 11 is 0. The number of aromatic amines is 1. The summed E-state index contributed by atoms with van der Waals surface area (Å²) in [6.07, 6.45) is 1.25. The molecule has 0 amide bonds. The Kier molecular flexibility index (Phi) is 2.23. The minimum absolute atomic E-state index is 0.0370. The van der Waals surface area contributed by atoms with E-state index in [1.807, 2.05) is 0 Å². The molecule has 5 nitrogen and oxygen atoms in total. The summed E-state index contributed by atoms with van der Waals surface area (Å²) in [6.45, 7) is 2.82. The molecule has 0 spiro atoms. The summed E-state index contributed by atoms with van der Waals surface area (Å²) < 4.78 is 4.63. The summed E-state index contributed by atoms with van der Waals surface area (Å²) in [5.41, 5.74) is -0.0494. The van der Waals surface area contributed by atoms with Gasteiger partial charge in [0.2, 0.25) is 5.75 Å². The van der Waals surface area contributed by atoms with Crippen molar-refractivity contribution in [2.45, 2.75) is 13.8 Å². The highest BCUT2D eigenvalue weighted by Crippen LogP contribution is 2.05. The van der Waals surface area contributed by atoms with E-state index in [1.165, 1.54) is 13.3 Å². The van der Waals surface area contributed by atoms with Crippen molar-refractivity contribution in [1.82, 2.24) is 9.97 Å². The van der Waals surface area contributed by atoms with Gasteiger partial charge < -0.3 is 9.72 Å². The number of nitrogens with one attached hydrogen (secondary N) is 1. The zero-order valence-electron chi connectivity index (χ0n) is 6.75. The van der Waals surface area contributed by atoms with Crippen LogP contribution in [0.5, 0.6) is 5.75 Å². The van der Waals surface area contributed by atoms with E-state index < -0.39 is 11.5 Å². The van der Waals surface area contributed by atoms with Crippen molar-refractivity contribution in [2.75, 3.05) is 0 Å². The average molecular weight is 168 g/mol. The maximum Gasteiger partial charge on any atom is 0.308 e. The molecule has 64 valence electrons. The summed E-state index contributed by atoms with van der Waals surface area (Å²) in [4.78, 5) is 27.6. The molecule has 0 saturated heterocycles. The van der Waals surface area contributed by atoms with Gasteiger partial charge in [-0.1, -0.05) is 0 Å². The van der Waals surface area contributed by atoms with Crippen LogP contribution in [-0.4, -0.2) is 15.9 Å². The van der Waals surface area contributed by atoms with Crippen LogP contribution in [0.15, 0.2) is 11.1 Å². The van der Waals surface area contributed by atoms with E-state index in [0.29, 0.717) is 5.69 Å². The molecule has 12 heavy (non-hydrogen) atoms. The molecule has 0 bridgehead atoms. The fourth-order valence-corrected chi connectivity index (χ4v) is 0.740. The third-order valence-corrected chi connectivity index (χ3v) is 1.23. The zero-order valence-corrected chi connectivity index (χ0v) is 6.75. The van der Waals surface area contributed by atoms with Crippen LogP contribution < -0.4 is 10.3 Å². The summed E-state index contributed by atoms with van der Waals surface area (Å²) in [6, 6.07) is 0. The molecule has 0 saturated carbocycles. The van der Waals surface area contributed by atoms with Gasteiger partial charge in [-0.25, -0.2) is 4.98 Å². The standard InChI is InChI=1S/C7H8N2O3/c1-4-6(12-5(2)10)7(11)9-3-8-4/h3H,1-2H3,(H,8,9,11). The number of H-pyrrole nitrogens is 1. The number of aromatic nitrogens is 2. The van der Waals surface area contributed by atoms with Crippen molar-refractivity contribution in [2.24, 2.45) is 0 Å². The summed E-state index contributed by atoms with van der Waals surface area (Å²) in [5.74, 6) is -0.568. The number of esters is 1. The molecule has 1 aromatic heterocycles. The van der Waals surface area contributed by atoms with Crippen LogP contribution in [-0.2, 0) is 4.79 Å². The van der Waals surface area contributed by atoms with E-state index in [9.17, 15) is 9.59 Å². The Hall–Kier alpha value is -1.65. The number of rotatable bonds is 1. The molecule has 0 aliphatic heterocycles. The van der Waals surface area contributed by atoms with Crippen molar-refractivity contribution < 1.29 is 9.53 Å². The molecule has 1 N–H and O–H groups in total. The van der Waals surface area contributed by atoms with Gasteiger partial charge in [-0.2, -0.15) is 0 Å². The number of carbonyl (C=O) groups excluding carboxylic acids is 1. The Labute approximate surface area is 68.4 Å². The van der Waals surface area contributed by atoms with E-state index in [-0.39, 0.29) is 5.75 Å². The maximum atomic E-state index is 11.0. The molecule has 0 atom stereocenters. The van der Waals surface area contributed by atoms with Crippen molar-refractivity contribution in [3.8, 4) is 5.75 Å². The first-order valence-corrected chi connectivity index (χ1v) is 3.34. The lowest BCUT2D eigenvalue weighted by Gasteiger charge is -2.00. The van der Waals surface area contributed by atoms with Gasteiger partial charge in [0.05, 0.1) is 12.0 Å². The van der Waals surface area contributed by atoms with Crippen LogP contribution >= 0.6 is 0 Å². The number of nitrogens with zero attached hydrogens (tertiary/aromatic N) is 1. The van der Waals surface area contributed by atoms with Crippen LogP contribution in [0.1, 0.15) is 12.6 Å². The van der Waals surface area contributed by atoms with Gasteiger partial charge in [-0.05, 0) is 6.92 Å². The van der Waals surface area contributed by atoms with Gasteiger partial charge in [0.1, 0.15) is 0 Å². The fraction of sp³-hybridized carbons (Fsp3) is 0.286. The van der Waals surface area contributed by atoms with E-state index in [2.05, 4.69) is 14.7 Å². The highest BCUT2D eigenvalue weighted by molar-refractivity contribution is 5.69. The summed E-state index contributed by atoms with van der Waals surface area (Å²) in [5, 5.41) is 0. The molecular weight excluding hydrogens is 160 g/mol. The largest absolute Gasteiger partial charge is 0.419 e. The van der Waals surface area contributed by atoms with Crippen molar-refractivity contribution in [3.05, 3.63) is 22.4 Å². The Morgan fingerprint density at radius 2 is 2.33 bits per heavy atom. The smallest absolute Gasteiger partial charge is 0.308 e. The Morgan fingerprint density at radius 3 is 2.83 bits per heavy atom. The molecule has 0 radical (unpaired) electrons. The monoisotopic (exact) mass is 168 g/mol. The Bertz CT molecular complexity index is 356. The van der Waals surface area contributed by atoms with E-state index in [0.717, 1.165) is 0 Å². The van der Waals surface area contributed by atoms with Gasteiger partial charge in [0.25, 0.3) is 5.56 Å². The number of aryl methyl sites for hydroxylation is 1. The first-order chi connectivity index (χ1) is 5.61. The van der Waals surface area contributed by atoms with E-state index in [1.54, 1.807) is 6.92 Å². The number of hydrogen-bond donors (Lipinski definition) is 1. The molecule has 1 rings (SSSR count). The second-order valence-corrected chi connectivity index (χ2v) is 2.24. The molecule has 0 fully saturated rings. The minimum atomic E-state index is -0.531. The van der Waals surface area contributed by atoms with E-state index in [4.69, 9.17) is 0 Å². The molecule has 5 heteroatoms. The topological polar surface area (TPSA) is 72.0 Å². The number of ether oxygens (including phenoxy) is 1. The predicted octanol–water partition coefficient (Wildman–Crippen LogP) is 0.00362. The van der Waals surface area contributed by atoms with Crippen LogP contribution in [0.2, 0.25) is 0 Å². The molecule has 1 aromatic rings. The maximum absolute atomic E-state index is 11.0. The van der Waals surface area contributed by atoms with Gasteiger partial charge in [0, 0.05) is 6.92 Å². The Morgan fingerprint density at radius 1 is 1.67 bits per heavy atom. The Balaban J connectivity index is 3.13. The quantitative estimate of drug-likeness (QED) is 0.599. The van der Waals surface area contributed by atoms with Gasteiger partial charge in [0.15, 0.2) is 0 Å². The van der Waals surface area contributed by atoms with Gasteiger partial charge in [-0.3, -0.25) is 9.59 Å². The second-order valence-electron chi connectivity index (χ2n) is 2.24. The van der Waals surface area contributed by atoms with Crippen LogP contribution in [0, 0.1) is 6.92 Å². The average Bonchev–Trinajstić information content (AvgIpc) is 1.97.